The van der Waals surface area contributed by atoms with Crippen molar-refractivity contribution in [3.63, 3.8) is 0 Å². The number of nitrogens with one attached hydrogen (secondary N) is 1. The van der Waals surface area contributed by atoms with E-state index in [-0.39, 0.29) is 24.0 Å². The van der Waals surface area contributed by atoms with Gasteiger partial charge >= 0.3 is 0 Å². The van der Waals surface area contributed by atoms with E-state index in [9.17, 15) is 9.59 Å². The second kappa shape index (κ2) is 4.99. The molecule has 0 radical (unpaired) electrons. The van der Waals surface area contributed by atoms with Crippen LogP contribution in [0.1, 0.15) is 21.7 Å². The van der Waals surface area contributed by atoms with E-state index in [0.717, 1.165) is 6.42 Å². The maximum absolute atomic E-state index is 12.5. The Balaban J connectivity index is 1.99. The number of carbonyl (C=O) groups is 1. The number of likely N-dealkylation sites (tertiary alicyclic amines) is 1. The average Bonchev–Trinajstić information content (AvgIpc) is 3.04. The van der Waals surface area contributed by atoms with Crippen LogP contribution in [0.15, 0.2) is 11.1 Å². The number of fused-ring (bicyclic) bond motifs is 1. The minimum absolute atomic E-state index is 0.0687. The number of hydrogen-bond acceptors (Lipinski definition) is 5. The van der Waals surface area contributed by atoms with E-state index in [0.29, 0.717) is 33.7 Å². The minimum atomic E-state index is -0.211. The Hall–Kier alpha value is -1.73. The molecule has 2 N–H and O–H groups in total. The molecule has 3 rings (SSSR count). The molecule has 0 bridgehead atoms. The van der Waals surface area contributed by atoms with E-state index in [1.54, 1.807) is 11.8 Å². The highest BCUT2D eigenvalue weighted by atomic mass is 32.1. The standard InChI is InChI=1S/C13H15N3O3S/c1-7-9-11(18)14-6-15-12(9)20-10(7)13(19)16-3-2-8(4-16)5-17/h6,8,17H,2-5H2,1H3,(H,14,15,18). The number of aromatic amines is 1. The summed E-state index contributed by atoms with van der Waals surface area (Å²) in [7, 11) is 0. The average molecular weight is 293 g/mol. The summed E-state index contributed by atoms with van der Waals surface area (Å²) in [6.45, 7) is 3.12. The van der Waals surface area contributed by atoms with Crippen molar-refractivity contribution >= 4 is 27.5 Å². The van der Waals surface area contributed by atoms with Gasteiger partial charge in [0.1, 0.15) is 4.83 Å². The molecule has 0 aromatic carbocycles. The molecule has 0 aliphatic carbocycles. The number of rotatable bonds is 2. The number of amides is 1. The predicted octanol–water partition coefficient (Wildman–Crippen LogP) is 0.747. The molecule has 0 saturated carbocycles. The maximum atomic E-state index is 12.5. The molecule has 3 heterocycles. The van der Waals surface area contributed by atoms with Gasteiger partial charge in [0.2, 0.25) is 0 Å². The first-order valence-corrected chi connectivity index (χ1v) is 7.30. The Morgan fingerprint density at radius 2 is 2.45 bits per heavy atom. The Kier molecular flexibility index (Phi) is 3.31. The SMILES string of the molecule is Cc1c(C(=O)N2CCC(CO)C2)sc2nc[nH]c(=O)c12. The lowest BCUT2D eigenvalue weighted by atomic mass is 10.1. The van der Waals surface area contributed by atoms with E-state index in [1.165, 1.54) is 17.7 Å². The Bertz CT molecular complexity index is 721. The van der Waals surface area contributed by atoms with Crippen LogP contribution in [0.25, 0.3) is 10.2 Å². The molecule has 1 atom stereocenters. The van der Waals surface area contributed by atoms with Crippen LogP contribution in [0.4, 0.5) is 0 Å². The first-order valence-electron chi connectivity index (χ1n) is 6.48. The van der Waals surface area contributed by atoms with Gasteiger partial charge in [0.25, 0.3) is 11.5 Å². The van der Waals surface area contributed by atoms with Gasteiger partial charge in [0.15, 0.2) is 0 Å². The highest BCUT2D eigenvalue weighted by Gasteiger charge is 2.29. The van der Waals surface area contributed by atoms with Crippen LogP contribution in [0.5, 0.6) is 0 Å². The van der Waals surface area contributed by atoms with Gasteiger partial charge in [-0.2, -0.15) is 0 Å². The molecule has 1 amide bonds. The molecule has 2 aromatic rings. The van der Waals surface area contributed by atoms with Crippen molar-refractivity contribution < 1.29 is 9.90 Å². The predicted molar refractivity (Wildman–Crippen MR) is 76.1 cm³/mol. The normalized spacial score (nSPS) is 18.9. The molecule has 1 fully saturated rings. The Morgan fingerprint density at radius 1 is 1.65 bits per heavy atom. The molecule has 1 unspecified atom stereocenters. The molecule has 0 spiro atoms. The fraction of sp³-hybridized carbons (Fsp3) is 0.462. The molecule has 1 saturated heterocycles. The van der Waals surface area contributed by atoms with Crippen LogP contribution >= 0.6 is 11.3 Å². The summed E-state index contributed by atoms with van der Waals surface area (Å²) in [5.41, 5.74) is 0.481. The number of thiophene rings is 1. The fourth-order valence-corrected chi connectivity index (χ4v) is 3.71. The van der Waals surface area contributed by atoms with E-state index in [1.807, 2.05) is 0 Å². The van der Waals surface area contributed by atoms with Crippen molar-refractivity contribution in [1.29, 1.82) is 0 Å². The van der Waals surface area contributed by atoms with Crippen molar-refractivity contribution in [2.24, 2.45) is 5.92 Å². The van der Waals surface area contributed by atoms with Crippen molar-refractivity contribution in [3.05, 3.63) is 27.1 Å². The van der Waals surface area contributed by atoms with Gasteiger partial charge < -0.3 is 15.0 Å². The lowest BCUT2D eigenvalue weighted by molar-refractivity contribution is 0.0786. The molecular formula is C13H15N3O3S. The highest BCUT2D eigenvalue weighted by Crippen LogP contribution is 2.29. The van der Waals surface area contributed by atoms with Gasteiger partial charge in [-0.25, -0.2) is 4.98 Å². The summed E-state index contributed by atoms with van der Waals surface area (Å²) in [5.74, 6) is 0.0935. The first kappa shape index (κ1) is 13.3. The summed E-state index contributed by atoms with van der Waals surface area (Å²) >= 11 is 1.26. The third-order valence-corrected chi connectivity index (χ3v) is 4.95. The number of aliphatic hydroxyl groups excluding tert-OH is 1. The number of aliphatic hydroxyl groups is 1. The van der Waals surface area contributed by atoms with Crippen LogP contribution in [0.2, 0.25) is 0 Å². The smallest absolute Gasteiger partial charge is 0.264 e. The third-order valence-electron chi connectivity index (χ3n) is 3.76. The van der Waals surface area contributed by atoms with E-state index in [4.69, 9.17) is 5.11 Å². The minimum Gasteiger partial charge on any atom is -0.396 e. The lowest BCUT2D eigenvalue weighted by Gasteiger charge is -2.15. The van der Waals surface area contributed by atoms with Crippen LogP contribution < -0.4 is 5.56 Å². The number of hydrogen-bond donors (Lipinski definition) is 2. The van der Waals surface area contributed by atoms with Crippen LogP contribution in [-0.2, 0) is 0 Å². The quantitative estimate of drug-likeness (QED) is 0.855. The van der Waals surface area contributed by atoms with E-state index < -0.39 is 0 Å². The fourth-order valence-electron chi connectivity index (χ4n) is 2.59. The summed E-state index contributed by atoms with van der Waals surface area (Å²) in [6.07, 6.45) is 2.18. The van der Waals surface area contributed by atoms with Crippen LogP contribution in [-0.4, -0.2) is 45.6 Å². The molecule has 2 aromatic heterocycles. The second-order valence-electron chi connectivity index (χ2n) is 5.06. The van der Waals surface area contributed by atoms with Gasteiger partial charge in [-0.3, -0.25) is 9.59 Å². The molecule has 1 aliphatic rings. The number of nitrogens with zero attached hydrogens (tertiary/aromatic N) is 2. The zero-order chi connectivity index (χ0) is 14.3. The summed E-state index contributed by atoms with van der Waals surface area (Å²) in [6, 6.07) is 0. The van der Waals surface area contributed by atoms with Crippen molar-refractivity contribution in [1.82, 2.24) is 14.9 Å². The molecule has 7 heteroatoms. The zero-order valence-electron chi connectivity index (χ0n) is 11.0. The van der Waals surface area contributed by atoms with E-state index >= 15 is 0 Å². The Labute approximate surface area is 119 Å². The van der Waals surface area contributed by atoms with Gasteiger partial charge in [-0.15, -0.1) is 11.3 Å². The molecule has 1 aliphatic heterocycles. The van der Waals surface area contributed by atoms with Gasteiger partial charge in [0.05, 0.1) is 16.6 Å². The van der Waals surface area contributed by atoms with Crippen LogP contribution in [0.3, 0.4) is 0 Å². The molecule has 6 nitrogen and oxygen atoms in total. The van der Waals surface area contributed by atoms with Crippen molar-refractivity contribution in [3.8, 4) is 0 Å². The molecule has 20 heavy (non-hydrogen) atoms. The maximum Gasteiger partial charge on any atom is 0.264 e. The number of H-pyrrole nitrogens is 1. The van der Waals surface area contributed by atoms with Crippen molar-refractivity contribution in [2.45, 2.75) is 13.3 Å². The number of aromatic nitrogens is 2. The molecular weight excluding hydrogens is 278 g/mol. The third kappa shape index (κ3) is 2.03. The Morgan fingerprint density at radius 3 is 3.10 bits per heavy atom. The second-order valence-corrected chi connectivity index (χ2v) is 6.06. The summed E-state index contributed by atoms with van der Waals surface area (Å²) in [5, 5.41) is 9.65. The van der Waals surface area contributed by atoms with Gasteiger partial charge in [0, 0.05) is 25.6 Å². The van der Waals surface area contributed by atoms with Crippen molar-refractivity contribution in [2.75, 3.05) is 19.7 Å². The van der Waals surface area contributed by atoms with Gasteiger partial charge in [-0.1, -0.05) is 0 Å². The largest absolute Gasteiger partial charge is 0.396 e. The van der Waals surface area contributed by atoms with Crippen LogP contribution in [0, 0.1) is 12.8 Å². The zero-order valence-corrected chi connectivity index (χ0v) is 11.9. The lowest BCUT2D eigenvalue weighted by Crippen LogP contribution is -2.29. The summed E-state index contributed by atoms with van der Waals surface area (Å²) in [4.78, 5) is 33.9. The van der Waals surface area contributed by atoms with E-state index in [2.05, 4.69) is 9.97 Å². The first-order chi connectivity index (χ1) is 9.61. The monoisotopic (exact) mass is 293 g/mol. The van der Waals surface area contributed by atoms with Gasteiger partial charge in [-0.05, 0) is 18.9 Å². The topological polar surface area (TPSA) is 86.3 Å². The highest BCUT2D eigenvalue weighted by molar-refractivity contribution is 7.20. The summed E-state index contributed by atoms with van der Waals surface area (Å²) < 4.78 is 0. The number of aryl methyl sites for hydroxylation is 1. The number of carbonyl (C=O) groups excluding carboxylic acids is 1. The molecule has 106 valence electrons.